The van der Waals surface area contributed by atoms with Gasteiger partial charge in [-0.1, -0.05) is 74.2 Å². The van der Waals surface area contributed by atoms with E-state index in [4.69, 9.17) is 4.74 Å². The van der Waals surface area contributed by atoms with Crippen LogP contribution in [0.3, 0.4) is 0 Å². The first kappa shape index (κ1) is 35.1. The maximum absolute atomic E-state index is 14.2. The smallest absolute Gasteiger partial charge is 0.416 e. The minimum absolute atomic E-state index is 0.0901. The Morgan fingerprint density at radius 1 is 0.900 bits per heavy atom. The van der Waals surface area contributed by atoms with Crippen molar-refractivity contribution >= 4 is 58.2 Å². The van der Waals surface area contributed by atoms with E-state index in [1.165, 1.54) is 41.0 Å². The average Bonchev–Trinajstić information content (AvgIpc) is 3.50. The average molecular weight is 724 g/mol. The lowest BCUT2D eigenvalue weighted by Crippen LogP contribution is -2.33. The van der Waals surface area contributed by atoms with Gasteiger partial charge in [-0.3, -0.25) is 23.7 Å². The molecule has 0 saturated carbocycles. The molecule has 2 aliphatic rings. The summed E-state index contributed by atoms with van der Waals surface area (Å²) < 4.78 is 46.0. The van der Waals surface area contributed by atoms with Crippen LogP contribution in [0.4, 0.5) is 24.5 Å². The highest BCUT2D eigenvalue weighted by atomic mass is 32.2. The lowest BCUT2D eigenvalue weighted by Gasteiger charge is -2.31. The fraction of sp³-hybridized carbons (Fsp3) is 0.306. The predicted molar refractivity (Wildman–Crippen MR) is 184 cm³/mol. The van der Waals surface area contributed by atoms with Gasteiger partial charge in [-0.25, -0.2) is 9.69 Å². The summed E-state index contributed by atoms with van der Waals surface area (Å²) in [5.41, 5.74) is 1.08. The van der Waals surface area contributed by atoms with Gasteiger partial charge in [-0.2, -0.15) is 13.2 Å². The molecule has 2 aliphatic heterocycles. The van der Waals surface area contributed by atoms with Crippen molar-refractivity contribution in [3.8, 4) is 0 Å². The van der Waals surface area contributed by atoms with Gasteiger partial charge in [0.15, 0.2) is 0 Å². The molecular weight excluding hydrogens is 692 g/mol. The predicted octanol–water partition coefficient (Wildman–Crippen LogP) is 6.84. The van der Waals surface area contributed by atoms with Crippen molar-refractivity contribution in [1.82, 2.24) is 4.57 Å². The summed E-state index contributed by atoms with van der Waals surface area (Å²) in [6.07, 6.45) is -4.61. The summed E-state index contributed by atoms with van der Waals surface area (Å²) in [6.45, 7) is 7.53. The van der Waals surface area contributed by atoms with E-state index >= 15 is 0 Å². The first-order chi connectivity index (χ1) is 23.6. The van der Waals surface area contributed by atoms with Crippen molar-refractivity contribution in [3.05, 3.63) is 110 Å². The summed E-state index contributed by atoms with van der Waals surface area (Å²) in [7, 11) is 0. The van der Waals surface area contributed by atoms with Crippen LogP contribution >= 0.6 is 23.1 Å². The van der Waals surface area contributed by atoms with E-state index in [1.54, 1.807) is 6.92 Å². The standard InChI is InChI=1S/C36H32F3N3O6S2/c1-5-48-33(46)20-11-15-24(16-12-20)42-30(44)27-26(19-9-13-21(14-10-19)35(2,3)4)29-32(49-28(27)31(42)45)41(34(47)50-29)18-25(43)40-23-8-6-7-22(17-23)36(37,38)39/h6-17,26-28H,5,18H2,1-4H3,(H,40,43)/t26-,27-,28+/m0/s1. The van der Waals surface area contributed by atoms with Crippen molar-refractivity contribution in [2.24, 2.45) is 5.92 Å². The first-order valence-electron chi connectivity index (χ1n) is 15.7. The second-order valence-corrected chi connectivity index (χ2v) is 15.1. The van der Waals surface area contributed by atoms with Crippen molar-refractivity contribution < 1.29 is 37.1 Å². The number of rotatable bonds is 7. The minimum atomic E-state index is -4.61. The number of hydrogen-bond donors (Lipinski definition) is 1. The zero-order valence-corrected chi connectivity index (χ0v) is 29.0. The Kier molecular flexibility index (Phi) is 9.29. The molecule has 3 aromatic carbocycles. The second-order valence-electron chi connectivity index (χ2n) is 12.9. The van der Waals surface area contributed by atoms with Crippen molar-refractivity contribution in [2.75, 3.05) is 16.8 Å². The van der Waals surface area contributed by atoms with Crippen LogP contribution in [0.5, 0.6) is 0 Å². The molecule has 1 fully saturated rings. The van der Waals surface area contributed by atoms with E-state index < -0.39 is 63.9 Å². The third-order valence-electron chi connectivity index (χ3n) is 8.60. The summed E-state index contributed by atoms with van der Waals surface area (Å²) >= 11 is 1.89. The summed E-state index contributed by atoms with van der Waals surface area (Å²) in [4.78, 5) is 68.2. The number of alkyl halides is 3. The number of nitrogens with zero attached hydrogens (tertiary/aromatic N) is 2. The van der Waals surface area contributed by atoms with Gasteiger partial charge in [-0.15, -0.1) is 0 Å². The number of esters is 1. The molecule has 0 radical (unpaired) electrons. The summed E-state index contributed by atoms with van der Waals surface area (Å²) in [5.74, 6) is -3.87. The number of anilines is 2. The van der Waals surface area contributed by atoms with Crippen LogP contribution in [0.15, 0.2) is 82.6 Å². The largest absolute Gasteiger partial charge is 0.462 e. The van der Waals surface area contributed by atoms with Gasteiger partial charge in [0.05, 0.1) is 34.4 Å². The number of halogens is 3. The highest BCUT2D eigenvalue weighted by molar-refractivity contribution is 8.00. The molecule has 260 valence electrons. The Hall–Kier alpha value is -4.69. The summed E-state index contributed by atoms with van der Waals surface area (Å²) in [6, 6.07) is 17.8. The van der Waals surface area contributed by atoms with Gasteiger partial charge in [0.2, 0.25) is 17.7 Å². The molecule has 0 spiro atoms. The molecule has 1 aromatic heterocycles. The zero-order valence-electron chi connectivity index (χ0n) is 27.4. The monoisotopic (exact) mass is 723 g/mol. The number of ether oxygens (including phenoxy) is 1. The molecule has 0 unspecified atom stereocenters. The Bertz CT molecular complexity index is 2050. The number of thioether (sulfide) groups is 1. The third kappa shape index (κ3) is 6.61. The molecule has 50 heavy (non-hydrogen) atoms. The van der Waals surface area contributed by atoms with Crippen LogP contribution in [0.1, 0.15) is 65.5 Å². The number of nitrogens with one attached hydrogen (secondary N) is 1. The number of benzene rings is 3. The van der Waals surface area contributed by atoms with Crippen molar-refractivity contribution in [2.45, 2.75) is 62.0 Å². The SMILES string of the molecule is CCOC(=O)c1ccc(N2C(=O)[C@H]3[C@H](c4ccc(C(C)(C)C)cc4)c4sc(=O)n(CC(=O)Nc5cccc(C(F)(F)F)c5)c4S[C@H]3C2=O)cc1. The summed E-state index contributed by atoms with van der Waals surface area (Å²) in [5, 5.41) is 1.81. The quantitative estimate of drug-likeness (QED) is 0.164. The number of carbonyl (C=O) groups is 4. The highest BCUT2D eigenvalue weighted by Crippen LogP contribution is 2.54. The van der Waals surface area contributed by atoms with Crippen LogP contribution in [-0.4, -0.2) is 40.1 Å². The zero-order chi connectivity index (χ0) is 36.1. The molecule has 0 bridgehead atoms. The Morgan fingerprint density at radius 2 is 1.58 bits per heavy atom. The molecule has 0 aliphatic carbocycles. The molecule has 4 aromatic rings. The molecular formula is C36H32F3N3O6S2. The normalized spacial score (nSPS) is 18.9. The van der Waals surface area contributed by atoms with E-state index in [9.17, 15) is 37.1 Å². The van der Waals surface area contributed by atoms with Gasteiger partial charge in [0.25, 0.3) is 0 Å². The fourth-order valence-corrected chi connectivity index (χ4v) is 8.91. The van der Waals surface area contributed by atoms with Crippen LogP contribution in [0, 0.1) is 5.92 Å². The molecule has 1 N–H and O–H groups in total. The van der Waals surface area contributed by atoms with Gasteiger partial charge in [0, 0.05) is 16.5 Å². The topological polar surface area (TPSA) is 115 Å². The number of amides is 3. The van der Waals surface area contributed by atoms with E-state index in [2.05, 4.69) is 26.1 Å². The molecule has 3 heterocycles. The minimum Gasteiger partial charge on any atom is -0.462 e. The lowest BCUT2D eigenvalue weighted by molar-refractivity contribution is -0.137. The van der Waals surface area contributed by atoms with E-state index in [-0.39, 0.29) is 29.0 Å². The molecule has 6 rings (SSSR count). The van der Waals surface area contributed by atoms with E-state index in [1.807, 2.05) is 24.3 Å². The number of hydrogen-bond acceptors (Lipinski definition) is 8. The maximum atomic E-state index is 14.2. The van der Waals surface area contributed by atoms with Crippen molar-refractivity contribution in [3.63, 3.8) is 0 Å². The number of aromatic nitrogens is 1. The van der Waals surface area contributed by atoms with Gasteiger partial charge in [-0.05, 0) is 65.9 Å². The number of carbonyl (C=O) groups excluding carboxylic acids is 4. The molecule has 1 saturated heterocycles. The Balaban J connectivity index is 1.37. The van der Waals surface area contributed by atoms with Gasteiger partial charge >= 0.3 is 17.0 Å². The molecule has 3 amide bonds. The highest BCUT2D eigenvalue weighted by Gasteiger charge is 2.57. The number of imide groups is 1. The number of fused-ring (bicyclic) bond motifs is 2. The third-order valence-corrected chi connectivity index (χ3v) is 11.2. The fourth-order valence-electron chi connectivity index (χ4n) is 6.14. The number of thiazole rings is 1. The Morgan fingerprint density at radius 3 is 2.20 bits per heavy atom. The van der Waals surface area contributed by atoms with Gasteiger partial charge in [0.1, 0.15) is 11.8 Å². The Labute approximate surface area is 293 Å². The van der Waals surface area contributed by atoms with E-state index in [0.717, 1.165) is 45.7 Å². The van der Waals surface area contributed by atoms with Crippen LogP contribution in [0.25, 0.3) is 0 Å². The van der Waals surface area contributed by atoms with Crippen LogP contribution in [-0.2, 0) is 37.3 Å². The molecule has 9 nitrogen and oxygen atoms in total. The lowest BCUT2D eigenvalue weighted by atomic mass is 9.81. The maximum Gasteiger partial charge on any atom is 0.416 e. The van der Waals surface area contributed by atoms with Crippen LogP contribution < -0.4 is 15.1 Å². The van der Waals surface area contributed by atoms with Crippen molar-refractivity contribution in [1.29, 1.82) is 0 Å². The molecule has 14 heteroatoms. The van der Waals surface area contributed by atoms with Gasteiger partial charge < -0.3 is 10.1 Å². The first-order valence-corrected chi connectivity index (χ1v) is 17.4. The molecule has 3 atom stereocenters. The van der Waals surface area contributed by atoms with Crippen LogP contribution in [0.2, 0.25) is 0 Å². The second kappa shape index (κ2) is 13.2. The van der Waals surface area contributed by atoms with E-state index in [0.29, 0.717) is 15.5 Å².